The highest BCUT2D eigenvalue weighted by Gasteiger charge is 2.28. The van der Waals surface area contributed by atoms with Crippen LogP contribution in [-0.4, -0.2) is 64.9 Å². The highest BCUT2D eigenvalue weighted by Crippen LogP contribution is 2.43. The fourth-order valence-electron chi connectivity index (χ4n) is 2.04. The second-order valence-corrected chi connectivity index (χ2v) is 7.83. The quantitative estimate of drug-likeness (QED) is 0.147. The van der Waals surface area contributed by atoms with Gasteiger partial charge in [-0.1, -0.05) is 39.5 Å². The summed E-state index contributed by atoms with van der Waals surface area (Å²) in [6, 6.07) is -1.53. The third-order valence-electron chi connectivity index (χ3n) is 3.71. The van der Waals surface area contributed by atoms with Gasteiger partial charge in [-0.15, -0.1) is 0 Å². The monoisotopic (exact) mass is 441 g/mol. The van der Waals surface area contributed by atoms with Crippen LogP contribution in [0.4, 0.5) is 0 Å². The number of unbranched alkanes of at least 4 members (excludes halogenated alkanes) is 4. The summed E-state index contributed by atoms with van der Waals surface area (Å²) in [4.78, 5) is 43.3. The lowest BCUT2D eigenvalue weighted by atomic mass is 10.1. The molecule has 11 nitrogen and oxygen atoms in total. The van der Waals surface area contributed by atoms with E-state index in [1.807, 2.05) is 0 Å². The van der Waals surface area contributed by atoms with E-state index in [0.717, 1.165) is 25.7 Å². The predicted octanol–water partition coefficient (Wildman–Crippen LogP) is 1.36. The van der Waals surface area contributed by atoms with Gasteiger partial charge in [0.25, 0.3) is 0 Å². The number of carbonyl (C=O) groups is 3. The molecule has 4 N–H and O–H groups in total. The van der Waals surface area contributed by atoms with Gasteiger partial charge in [0, 0.05) is 12.8 Å². The molecule has 0 fully saturated rings. The summed E-state index contributed by atoms with van der Waals surface area (Å²) in [7, 11) is -4.68. The van der Waals surface area contributed by atoms with Crippen molar-refractivity contribution in [2.24, 2.45) is 0 Å². The lowest BCUT2D eigenvalue weighted by Gasteiger charge is -2.18. The molecule has 0 spiro atoms. The molecule has 0 aromatic heterocycles. The SMILES string of the molecule is CCCCCCCC(=O)OCC(O)COP(=O)(O)OCC(NC(=O)CC)C(=O)O. The van der Waals surface area contributed by atoms with E-state index in [2.05, 4.69) is 21.3 Å². The van der Waals surface area contributed by atoms with Crippen LogP contribution in [0.25, 0.3) is 0 Å². The molecule has 0 aliphatic carbocycles. The van der Waals surface area contributed by atoms with Crippen molar-refractivity contribution in [2.45, 2.75) is 70.9 Å². The molecular formula is C17H32NO10P. The molecule has 1 amide bonds. The van der Waals surface area contributed by atoms with Gasteiger partial charge in [-0.2, -0.15) is 0 Å². The van der Waals surface area contributed by atoms with Crippen molar-refractivity contribution < 1.29 is 47.8 Å². The molecule has 0 radical (unpaired) electrons. The maximum atomic E-state index is 11.8. The zero-order valence-electron chi connectivity index (χ0n) is 16.9. The van der Waals surface area contributed by atoms with E-state index in [9.17, 15) is 28.9 Å². The number of phosphoric acid groups is 1. The molecule has 29 heavy (non-hydrogen) atoms. The minimum atomic E-state index is -4.68. The number of nitrogens with one attached hydrogen (secondary N) is 1. The summed E-state index contributed by atoms with van der Waals surface area (Å²) >= 11 is 0. The molecular weight excluding hydrogens is 409 g/mol. The molecule has 0 bridgehead atoms. The smallest absolute Gasteiger partial charge is 0.472 e. The number of rotatable bonds is 17. The van der Waals surface area contributed by atoms with E-state index in [-0.39, 0.29) is 12.8 Å². The molecule has 0 saturated heterocycles. The van der Waals surface area contributed by atoms with Crippen LogP contribution in [0.3, 0.4) is 0 Å². The number of amides is 1. The van der Waals surface area contributed by atoms with Crippen molar-refractivity contribution >= 4 is 25.7 Å². The number of ether oxygens (including phenoxy) is 1. The van der Waals surface area contributed by atoms with Crippen molar-refractivity contribution in [3.8, 4) is 0 Å². The zero-order chi connectivity index (χ0) is 22.3. The molecule has 12 heteroatoms. The highest BCUT2D eigenvalue weighted by molar-refractivity contribution is 7.47. The first kappa shape index (κ1) is 27.5. The Labute approximate surface area is 170 Å². The standard InChI is InChI=1S/C17H32NO10P/c1-3-5-6-7-8-9-16(21)26-10-13(19)11-27-29(24,25)28-12-14(17(22)23)18-15(20)4-2/h13-14,19H,3-12H2,1-2H3,(H,18,20)(H,22,23)(H,24,25). The van der Waals surface area contributed by atoms with Crippen LogP contribution in [0, 0.1) is 0 Å². The normalized spacial score (nSPS) is 15.2. The van der Waals surface area contributed by atoms with Crippen LogP contribution in [0.5, 0.6) is 0 Å². The van der Waals surface area contributed by atoms with Crippen LogP contribution >= 0.6 is 7.82 Å². The Hall–Kier alpha value is -1.52. The zero-order valence-corrected chi connectivity index (χ0v) is 17.8. The maximum absolute atomic E-state index is 11.8. The van der Waals surface area contributed by atoms with E-state index in [1.165, 1.54) is 6.92 Å². The third kappa shape index (κ3) is 15.0. The number of hydrogen-bond donors (Lipinski definition) is 4. The van der Waals surface area contributed by atoms with Crippen LogP contribution in [-0.2, 0) is 32.7 Å². The van der Waals surface area contributed by atoms with Crippen LogP contribution in [0.1, 0.15) is 58.8 Å². The summed E-state index contributed by atoms with van der Waals surface area (Å²) in [5.41, 5.74) is 0. The van der Waals surface area contributed by atoms with Crippen LogP contribution < -0.4 is 5.32 Å². The van der Waals surface area contributed by atoms with Crippen LogP contribution in [0.15, 0.2) is 0 Å². The second kappa shape index (κ2) is 15.3. The van der Waals surface area contributed by atoms with Gasteiger partial charge in [-0.3, -0.25) is 18.6 Å². The Morgan fingerprint density at radius 3 is 2.21 bits per heavy atom. The number of aliphatic hydroxyl groups excluding tert-OH is 1. The van der Waals surface area contributed by atoms with Crippen molar-refractivity contribution in [3.05, 3.63) is 0 Å². The number of aliphatic hydroxyl groups is 1. The summed E-state index contributed by atoms with van der Waals surface area (Å²) in [6.07, 6.45) is 3.72. The van der Waals surface area contributed by atoms with Gasteiger partial charge in [-0.25, -0.2) is 9.36 Å². The van der Waals surface area contributed by atoms with E-state index in [1.54, 1.807) is 0 Å². The summed E-state index contributed by atoms with van der Waals surface area (Å²) < 4.78 is 25.7. The summed E-state index contributed by atoms with van der Waals surface area (Å²) in [5.74, 6) is -2.51. The van der Waals surface area contributed by atoms with Crippen LogP contribution in [0.2, 0.25) is 0 Å². The largest absolute Gasteiger partial charge is 0.480 e. The minimum Gasteiger partial charge on any atom is -0.480 e. The number of hydrogen-bond acceptors (Lipinski definition) is 8. The lowest BCUT2D eigenvalue weighted by molar-refractivity contribution is -0.147. The van der Waals surface area contributed by atoms with Gasteiger partial charge in [0.15, 0.2) is 6.04 Å². The fraction of sp³-hybridized carbons (Fsp3) is 0.824. The van der Waals surface area contributed by atoms with E-state index in [0.29, 0.717) is 6.42 Å². The lowest BCUT2D eigenvalue weighted by Crippen LogP contribution is -2.43. The summed E-state index contributed by atoms with van der Waals surface area (Å²) in [5, 5.41) is 20.7. The number of aliphatic carboxylic acids is 1. The first-order chi connectivity index (χ1) is 13.6. The number of carboxylic acids is 1. The molecule has 0 saturated carbocycles. The minimum absolute atomic E-state index is 0.0285. The Morgan fingerprint density at radius 2 is 1.62 bits per heavy atom. The van der Waals surface area contributed by atoms with Gasteiger partial charge in [0.2, 0.25) is 5.91 Å². The number of carboxylic acid groups (broad SMARTS) is 1. The van der Waals surface area contributed by atoms with Gasteiger partial charge >= 0.3 is 19.8 Å². The molecule has 3 atom stereocenters. The molecule has 0 aliphatic rings. The number of phosphoric ester groups is 1. The predicted molar refractivity (Wildman–Crippen MR) is 102 cm³/mol. The molecule has 0 aliphatic heterocycles. The van der Waals surface area contributed by atoms with Crippen molar-refractivity contribution in [2.75, 3.05) is 19.8 Å². The summed E-state index contributed by atoms with van der Waals surface area (Å²) in [6.45, 7) is 1.70. The van der Waals surface area contributed by atoms with Gasteiger partial charge < -0.3 is 25.2 Å². The third-order valence-corrected chi connectivity index (χ3v) is 4.66. The Morgan fingerprint density at radius 1 is 1.00 bits per heavy atom. The second-order valence-electron chi connectivity index (χ2n) is 6.37. The van der Waals surface area contributed by atoms with Gasteiger partial charge in [0.05, 0.1) is 13.2 Å². The maximum Gasteiger partial charge on any atom is 0.472 e. The van der Waals surface area contributed by atoms with E-state index < -0.39 is 57.6 Å². The van der Waals surface area contributed by atoms with Crippen molar-refractivity contribution in [1.82, 2.24) is 5.32 Å². The molecule has 0 rings (SSSR count). The fourth-order valence-corrected chi connectivity index (χ4v) is 2.81. The Balaban J connectivity index is 4.14. The highest BCUT2D eigenvalue weighted by atomic mass is 31.2. The van der Waals surface area contributed by atoms with Crippen molar-refractivity contribution in [1.29, 1.82) is 0 Å². The first-order valence-electron chi connectivity index (χ1n) is 9.59. The Kier molecular flexibility index (Phi) is 14.5. The Bertz CT molecular complexity index is 556. The van der Waals surface area contributed by atoms with Gasteiger partial charge in [0.1, 0.15) is 12.7 Å². The molecule has 0 aromatic carbocycles. The average molecular weight is 441 g/mol. The average Bonchev–Trinajstić information content (AvgIpc) is 2.67. The molecule has 0 aromatic rings. The number of esters is 1. The molecule has 170 valence electrons. The van der Waals surface area contributed by atoms with Crippen molar-refractivity contribution in [3.63, 3.8) is 0 Å². The van der Waals surface area contributed by atoms with E-state index >= 15 is 0 Å². The number of carbonyl (C=O) groups excluding carboxylic acids is 2. The molecule has 3 unspecified atom stereocenters. The van der Waals surface area contributed by atoms with E-state index in [4.69, 9.17) is 9.84 Å². The molecule has 0 heterocycles. The topological polar surface area (TPSA) is 169 Å². The van der Waals surface area contributed by atoms with Gasteiger partial charge in [-0.05, 0) is 6.42 Å². The first-order valence-corrected chi connectivity index (χ1v) is 11.1.